The molecular weight excluding hydrogens is 453 g/mol. The van der Waals surface area contributed by atoms with Gasteiger partial charge in [0.1, 0.15) is 11.4 Å². The Morgan fingerprint density at radius 1 is 1.21 bits per heavy atom. The van der Waals surface area contributed by atoms with Crippen LogP contribution in [0.4, 0.5) is 19.0 Å². The Morgan fingerprint density at radius 3 is 2.27 bits per heavy atom. The monoisotopic (exact) mass is 480 g/mol. The predicted octanol–water partition coefficient (Wildman–Crippen LogP) is 6.21. The van der Waals surface area contributed by atoms with Crippen molar-refractivity contribution < 1.29 is 13.2 Å². The van der Waals surface area contributed by atoms with Gasteiger partial charge in [-0.15, -0.1) is 0 Å². The lowest BCUT2D eigenvalue weighted by Crippen LogP contribution is -2.26. The van der Waals surface area contributed by atoms with Gasteiger partial charge in [0, 0.05) is 18.3 Å². The number of nitrogens with one attached hydrogen (secondary N) is 3. The molecule has 0 atom stereocenters. The Balaban J connectivity index is 2.59. The number of hydrogen-bond donors (Lipinski definition) is 4. The molecule has 178 valence electrons. The summed E-state index contributed by atoms with van der Waals surface area (Å²) in [6.45, 7) is 15.1. The van der Waals surface area contributed by atoms with Crippen LogP contribution in [-0.2, 0) is 6.18 Å². The van der Waals surface area contributed by atoms with Crippen molar-refractivity contribution in [2.75, 3.05) is 12.4 Å². The molecule has 0 spiro atoms. The quantitative estimate of drug-likeness (QED) is 0.164. The Hall–Kier alpha value is -3.04. The molecular formula is C23H28ClF3N6. The van der Waals surface area contributed by atoms with Crippen molar-refractivity contribution in [2.24, 2.45) is 11.3 Å². The third-order valence-corrected chi connectivity index (χ3v) is 5.27. The van der Waals surface area contributed by atoms with E-state index in [2.05, 4.69) is 28.4 Å². The minimum absolute atomic E-state index is 0.0275. The second-order valence-electron chi connectivity index (χ2n) is 8.58. The van der Waals surface area contributed by atoms with Crippen LogP contribution in [-0.4, -0.2) is 27.7 Å². The number of aromatic nitrogens is 2. The van der Waals surface area contributed by atoms with Gasteiger partial charge in [0.15, 0.2) is 11.6 Å². The molecule has 6 nitrogen and oxygen atoms in total. The van der Waals surface area contributed by atoms with Crippen LogP contribution in [0.25, 0.3) is 11.4 Å². The first-order chi connectivity index (χ1) is 15.1. The first-order valence-electron chi connectivity index (χ1n) is 9.92. The summed E-state index contributed by atoms with van der Waals surface area (Å²) in [5.74, 6) is 6.35. The molecule has 0 bridgehead atoms. The second-order valence-corrected chi connectivity index (χ2v) is 8.96. The molecule has 0 aliphatic carbocycles. The lowest BCUT2D eigenvalue weighted by atomic mass is 9.87. The standard InChI is InChI=1S/C23H28ClF3N6/c1-12(22(4,5)6)17(24)19(33(7)29)21-31-18(13(2)28)20(32-21)30-14(3)15-10-8-9-11-16(15)23(25,26)27/h8-11,28,30H,1,3,29H2,2,4-7H3,(H,31,32)/b19-17+,28-13?. The number of hydrogen-bond acceptors (Lipinski definition) is 5. The number of imidazole rings is 1. The first kappa shape index (κ1) is 26.2. The minimum Gasteiger partial charge on any atom is -0.338 e. The first-order valence-corrected chi connectivity index (χ1v) is 10.3. The predicted molar refractivity (Wildman–Crippen MR) is 129 cm³/mol. The summed E-state index contributed by atoms with van der Waals surface area (Å²) < 4.78 is 40.3. The molecule has 2 rings (SSSR count). The van der Waals surface area contributed by atoms with Crippen molar-refractivity contribution in [1.29, 1.82) is 5.41 Å². The molecule has 5 N–H and O–H groups in total. The SMILES string of the molecule is C=C(Nc1nc(/C(=C(\Cl)C(=C)C(C)(C)C)N(C)N)[nH]c1C(C)=N)c1ccccc1C(F)(F)F. The minimum atomic E-state index is -4.56. The van der Waals surface area contributed by atoms with E-state index < -0.39 is 11.7 Å². The Morgan fingerprint density at radius 2 is 1.79 bits per heavy atom. The zero-order chi connectivity index (χ0) is 25.3. The topological polar surface area (TPSA) is 93.8 Å². The molecule has 0 aliphatic heterocycles. The molecule has 0 unspecified atom stereocenters. The van der Waals surface area contributed by atoms with Crippen molar-refractivity contribution in [1.82, 2.24) is 15.0 Å². The van der Waals surface area contributed by atoms with Crippen LogP contribution in [0.2, 0.25) is 0 Å². The van der Waals surface area contributed by atoms with Crippen LogP contribution < -0.4 is 11.2 Å². The molecule has 2 aromatic rings. The van der Waals surface area contributed by atoms with E-state index in [0.717, 1.165) is 6.07 Å². The maximum atomic E-state index is 13.4. The Bertz CT molecular complexity index is 1120. The van der Waals surface area contributed by atoms with Gasteiger partial charge in [-0.25, -0.2) is 10.8 Å². The highest BCUT2D eigenvalue weighted by atomic mass is 35.5. The molecule has 0 amide bonds. The maximum absolute atomic E-state index is 13.4. The summed E-state index contributed by atoms with van der Waals surface area (Å²) in [5, 5.41) is 12.4. The zero-order valence-corrected chi connectivity index (χ0v) is 20.0. The average molecular weight is 481 g/mol. The largest absolute Gasteiger partial charge is 0.417 e. The molecule has 33 heavy (non-hydrogen) atoms. The van der Waals surface area contributed by atoms with Gasteiger partial charge in [0.05, 0.1) is 16.3 Å². The van der Waals surface area contributed by atoms with Crippen LogP contribution in [0, 0.1) is 10.8 Å². The summed E-state index contributed by atoms with van der Waals surface area (Å²) in [5.41, 5.74) is -0.0826. The highest BCUT2D eigenvalue weighted by Gasteiger charge is 2.34. The fourth-order valence-corrected chi connectivity index (χ4v) is 3.46. The zero-order valence-electron chi connectivity index (χ0n) is 19.2. The maximum Gasteiger partial charge on any atom is 0.417 e. The van der Waals surface area contributed by atoms with E-state index in [1.807, 2.05) is 20.8 Å². The second kappa shape index (κ2) is 9.44. The van der Waals surface area contributed by atoms with E-state index in [-0.39, 0.29) is 44.8 Å². The van der Waals surface area contributed by atoms with E-state index in [1.54, 1.807) is 7.05 Å². The number of allylic oxidation sites excluding steroid dienone is 2. The van der Waals surface area contributed by atoms with Crippen LogP contribution in [0.15, 0.2) is 48.0 Å². The number of rotatable bonds is 7. The summed E-state index contributed by atoms with van der Waals surface area (Å²) in [6.07, 6.45) is -4.56. The lowest BCUT2D eigenvalue weighted by Gasteiger charge is -2.25. The molecule has 0 aliphatic rings. The number of H-pyrrole nitrogens is 1. The molecule has 0 saturated carbocycles. The van der Waals surface area contributed by atoms with Gasteiger partial charge in [0.25, 0.3) is 0 Å². The fourth-order valence-electron chi connectivity index (χ4n) is 2.95. The Labute approximate surface area is 196 Å². The highest BCUT2D eigenvalue weighted by molar-refractivity contribution is 6.35. The Kier molecular flexibility index (Phi) is 7.50. The molecule has 1 heterocycles. The summed E-state index contributed by atoms with van der Waals surface area (Å²) in [6, 6.07) is 5.07. The number of aromatic amines is 1. The fraction of sp³-hybridized carbons (Fsp3) is 0.304. The van der Waals surface area contributed by atoms with E-state index in [0.29, 0.717) is 11.3 Å². The van der Waals surface area contributed by atoms with Crippen LogP contribution >= 0.6 is 11.6 Å². The van der Waals surface area contributed by atoms with Crippen molar-refractivity contribution in [3.63, 3.8) is 0 Å². The lowest BCUT2D eigenvalue weighted by molar-refractivity contribution is -0.137. The van der Waals surface area contributed by atoms with Crippen LogP contribution in [0.5, 0.6) is 0 Å². The molecule has 0 saturated heterocycles. The van der Waals surface area contributed by atoms with Gasteiger partial charge in [-0.05, 0) is 24.0 Å². The third-order valence-electron chi connectivity index (χ3n) is 4.86. The highest BCUT2D eigenvalue weighted by Crippen LogP contribution is 2.38. The van der Waals surface area contributed by atoms with Gasteiger partial charge >= 0.3 is 6.18 Å². The number of hydrazine groups is 1. The van der Waals surface area contributed by atoms with Crippen LogP contribution in [0.3, 0.4) is 0 Å². The number of benzene rings is 1. The van der Waals surface area contributed by atoms with Gasteiger partial charge in [-0.2, -0.15) is 13.2 Å². The van der Waals surface area contributed by atoms with E-state index >= 15 is 0 Å². The number of alkyl halides is 3. The van der Waals surface area contributed by atoms with E-state index in [9.17, 15) is 13.2 Å². The van der Waals surface area contributed by atoms with Crippen LogP contribution in [0.1, 0.15) is 50.3 Å². The van der Waals surface area contributed by atoms with Gasteiger partial charge in [-0.1, -0.05) is 63.7 Å². The smallest absolute Gasteiger partial charge is 0.338 e. The van der Waals surface area contributed by atoms with Gasteiger partial charge < -0.3 is 20.7 Å². The molecule has 1 aromatic heterocycles. The third kappa shape index (κ3) is 5.85. The summed E-state index contributed by atoms with van der Waals surface area (Å²) in [7, 11) is 1.57. The van der Waals surface area contributed by atoms with Crippen molar-refractivity contribution >= 4 is 34.5 Å². The average Bonchev–Trinajstić information content (AvgIpc) is 3.09. The van der Waals surface area contributed by atoms with Gasteiger partial charge in [-0.3, -0.25) is 0 Å². The molecule has 10 heteroatoms. The van der Waals surface area contributed by atoms with Crippen molar-refractivity contribution in [2.45, 2.75) is 33.9 Å². The number of halogens is 4. The van der Waals surface area contributed by atoms with Crippen molar-refractivity contribution in [3.05, 3.63) is 70.7 Å². The molecule has 0 fully saturated rings. The van der Waals surface area contributed by atoms with Crippen molar-refractivity contribution in [3.8, 4) is 0 Å². The summed E-state index contributed by atoms with van der Waals surface area (Å²) >= 11 is 6.61. The number of nitrogens with zero attached hydrogens (tertiary/aromatic N) is 2. The number of anilines is 1. The normalized spacial score (nSPS) is 12.8. The van der Waals surface area contributed by atoms with Gasteiger partial charge in [0.2, 0.25) is 0 Å². The van der Waals surface area contributed by atoms with E-state index in [4.69, 9.17) is 22.9 Å². The summed E-state index contributed by atoms with van der Waals surface area (Å²) in [4.78, 5) is 7.43. The van der Waals surface area contributed by atoms with E-state index in [1.165, 1.54) is 30.1 Å². The molecule has 1 aromatic carbocycles. The number of nitrogens with two attached hydrogens (primary N) is 1. The molecule has 0 radical (unpaired) electrons.